The van der Waals surface area contributed by atoms with Gasteiger partial charge < -0.3 is 9.64 Å². The molecule has 0 bridgehead atoms. The van der Waals surface area contributed by atoms with Gasteiger partial charge in [0.25, 0.3) is 0 Å². The van der Waals surface area contributed by atoms with Crippen molar-refractivity contribution in [3.8, 4) is 0 Å². The van der Waals surface area contributed by atoms with Crippen LogP contribution in [0.25, 0.3) is 0 Å². The molecule has 6 nitrogen and oxygen atoms in total. The average molecular weight is 346 g/mol. The third-order valence-electron chi connectivity index (χ3n) is 6.06. The van der Waals surface area contributed by atoms with E-state index in [1.165, 1.54) is 12.8 Å². The number of nitrogens with zero attached hydrogens (tertiary/aromatic N) is 3. The molecule has 1 aliphatic carbocycles. The Bertz CT molecular complexity index is 600. The molecule has 3 atom stereocenters. The van der Waals surface area contributed by atoms with Crippen LogP contribution in [0.1, 0.15) is 55.8 Å². The third-order valence-corrected chi connectivity index (χ3v) is 6.06. The van der Waals surface area contributed by atoms with Gasteiger partial charge in [-0.05, 0) is 45.2 Å². The molecule has 1 saturated carbocycles. The zero-order valence-electron chi connectivity index (χ0n) is 15.2. The lowest BCUT2D eigenvalue weighted by atomic mass is 9.90. The first-order valence-corrected chi connectivity index (χ1v) is 9.86. The number of carbonyl (C=O) groups is 1. The molecular weight excluding hydrogens is 316 g/mol. The van der Waals surface area contributed by atoms with Crippen molar-refractivity contribution < 1.29 is 9.53 Å². The number of piperidine rings is 1. The molecule has 3 heterocycles. The summed E-state index contributed by atoms with van der Waals surface area (Å²) in [7, 11) is 0. The van der Waals surface area contributed by atoms with E-state index in [9.17, 15) is 4.79 Å². The molecule has 3 fully saturated rings. The fourth-order valence-electron chi connectivity index (χ4n) is 4.78. The lowest BCUT2D eigenvalue weighted by molar-refractivity contribution is -0.150. The van der Waals surface area contributed by atoms with Crippen LogP contribution < -0.4 is 0 Å². The van der Waals surface area contributed by atoms with Gasteiger partial charge in [-0.15, -0.1) is 0 Å². The molecule has 25 heavy (non-hydrogen) atoms. The lowest BCUT2D eigenvalue weighted by Crippen LogP contribution is -2.57. The van der Waals surface area contributed by atoms with Crippen molar-refractivity contribution in [3.05, 3.63) is 17.5 Å². The summed E-state index contributed by atoms with van der Waals surface area (Å²) in [5.74, 6) is 0.734. The molecule has 6 heteroatoms. The van der Waals surface area contributed by atoms with E-state index in [1.54, 1.807) is 0 Å². The number of aromatic nitrogens is 2. The van der Waals surface area contributed by atoms with Crippen LogP contribution in [0.2, 0.25) is 0 Å². The van der Waals surface area contributed by atoms with Gasteiger partial charge in [-0.3, -0.25) is 14.8 Å². The predicted molar refractivity (Wildman–Crippen MR) is 95.4 cm³/mol. The summed E-state index contributed by atoms with van der Waals surface area (Å²) in [4.78, 5) is 17.4. The summed E-state index contributed by atoms with van der Waals surface area (Å²) in [6, 6.07) is 2.45. The van der Waals surface area contributed by atoms with E-state index in [2.05, 4.69) is 26.1 Å². The van der Waals surface area contributed by atoms with E-state index in [4.69, 9.17) is 4.74 Å². The van der Waals surface area contributed by atoms with E-state index >= 15 is 0 Å². The molecule has 3 aliphatic rings. The number of aryl methyl sites for hydroxylation is 1. The van der Waals surface area contributed by atoms with Crippen molar-refractivity contribution in [2.75, 3.05) is 32.8 Å². The summed E-state index contributed by atoms with van der Waals surface area (Å²) in [6.45, 7) is 6.00. The van der Waals surface area contributed by atoms with Gasteiger partial charge in [0, 0.05) is 24.7 Å². The van der Waals surface area contributed by atoms with Gasteiger partial charge in [-0.25, -0.2) is 0 Å². The second-order valence-electron chi connectivity index (χ2n) is 7.90. The lowest BCUT2D eigenvalue weighted by Gasteiger charge is -2.44. The van der Waals surface area contributed by atoms with E-state index < -0.39 is 0 Å². The Labute approximate surface area is 149 Å². The number of rotatable bonds is 3. The Morgan fingerprint density at radius 3 is 3.00 bits per heavy atom. The Morgan fingerprint density at radius 1 is 1.28 bits per heavy atom. The maximum absolute atomic E-state index is 13.0. The molecule has 2 saturated heterocycles. The van der Waals surface area contributed by atoms with E-state index in [1.807, 2.05) is 6.92 Å². The molecule has 2 aliphatic heterocycles. The van der Waals surface area contributed by atoms with Crippen LogP contribution in [-0.4, -0.2) is 70.8 Å². The first-order valence-electron chi connectivity index (χ1n) is 9.86. The molecule has 0 radical (unpaired) electrons. The number of aromatic amines is 1. The van der Waals surface area contributed by atoms with Crippen molar-refractivity contribution in [3.63, 3.8) is 0 Å². The summed E-state index contributed by atoms with van der Waals surface area (Å²) in [5, 5.41) is 7.48. The minimum Gasteiger partial charge on any atom is -0.374 e. The molecule has 138 valence electrons. The minimum atomic E-state index is 0.271. The van der Waals surface area contributed by atoms with Crippen molar-refractivity contribution in [1.82, 2.24) is 20.0 Å². The van der Waals surface area contributed by atoms with Crippen LogP contribution in [0.3, 0.4) is 0 Å². The van der Waals surface area contributed by atoms with Crippen LogP contribution in [0.5, 0.6) is 0 Å². The van der Waals surface area contributed by atoms with Crippen LogP contribution >= 0.6 is 0 Å². The first-order chi connectivity index (χ1) is 12.2. The highest BCUT2D eigenvalue weighted by Crippen LogP contribution is 2.29. The molecule has 1 aromatic rings. The molecule has 1 aromatic heterocycles. The van der Waals surface area contributed by atoms with E-state index in [0.29, 0.717) is 31.0 Å². The number of hydrogen-bond acceptors (Lipinski definition) is 4. The topological polar surface area (TPSA) is 61.5 Å². The smallest absolute Gasteiger partial charge is 0.237 e. The molecule has 1 amide bonds. The number of amides is 1. The molecule has 4 rings (SSSR count). The Morgan fingerprint density at radius 2 is 2.16 bits per heavy atom. The zero-order valence-corrected chi connectivity index (χ0v) is 15.2. The number of likely N-dealkylation sites (tertiary alicyclic amines) is 1. The number of carbonyl (C=O) groups excluding carboxylic acids is 1. The highest BCUT2D eigenvalue weighted by Gasteiger charge is 2.37. The molecule has 0 aromatic carbocycles. The Hall–Kier alpha value is -1.40. The highest BCUT2D eigenvalue weighted by molar-refractivity contribution is 5.78. The molecule has 0 unspecified atom stereocenters. The first kappa shape index (κ1) is 17.0. The van der Waals surface area contributed by atoms with Crippen LogP contribution in [-0.2, 0) is 9.53 Å². The second-order valence-corrected chi connectivity index (χ2v) is 7.90. The summed E-state index contributed by atoms with van der Waals surface area (Å²) < 4.78 is 5.91. The SMILES string of the molecule is Cc1cc([C@@H]2CCCN(CC(=O)N3CCO[C@@H]4CCCC[C@@H]43)C2)n[nH]1. The van der Waals surface area contributed by atoms with Gasteiger partial charge >= 0.3 is 0 Å². The van der Waals surface area contributed by atoms with Gasteiger partial charge in [0.15, 0.2) is 0 Å². The van der Waals surface area contributed by atoms with Gasteiger partial charge in [-0.1, -0.05) is 12.8 Å². The molecular formula is C19H30N4O2. The molecule has 0 spiro atoms. The normalized spacial score (nSPS) is 30.9. The van der Waals surface area contributed by atoms with Crippen LogP contribution in [0, 0.1) is 6.92 Å². The van der Waals surface area contributed by atoms with E-state index in [0.717, 1.165) is 56.7 Å². The van der Waals surface area contributed by atoms with Gasteiger partial charge in [0.05, 0.1) is 31.0 Å². The summed E-state index contributed by atoms with van der Waals surface area (Å²) >= 11 is 0. The van der Waals surface area contributed by atoms with Gasteiger partial charge in [0.1, 0.15) is 0 Å². The van der Waals surface area contributed by atoms with Crippen molar-refractivity contribution in [2.24, 2.45) is 0 Å². The van der Waals surface area contributed by atoms with Gasteiger partial charge in [0.2, 0.25) is 5.91 Å². The zero-order chi connectivity index (χ0) is 17.2. The maximum atomic E-state index is 13.0. The number of morpholine rings is 1. The van der Waals surface area contributed by atoms with E-state index in [-0.39, 0.29) is 6.10 Å². The fourth-order valence-corrected chi connectivity index (χ4v) is 4.78. The van der Waals surface area contributed by atoms with Crippen molar-refractivity contribution in [1.29, 1.82) is 0 Å². The predicted octanol–water partition coefficient (Wildman–Crippen LogP) is 2.07. The number of nitrogens with one attached hydrogen (secondary N) is 1. The van der Waals surface area contributed by atoms with Gasteiger partial charge in [-0.2, -0.15) is 5.10 Å². The number of ether oxygens (including phenoxy) is 1. The molecule has 1 N–H and O–H groups in total. The maximum Gasteiger partial charge on any atom is 0.237 e. The highest BCUT2D eigenvalue weighted by atomic mass is 16.5. The summed E-state index contributed by atoms with van der Waals surface area (Å²) in [6.07, 6.45) is 7.24. The number of fused-ring (bicyclic) bond motifs is 1. The number of H-pyrrole nitrogens is 1. The quantitative estimate of drug-likeness (QED) is 0.910. The van der Waals surface area contributed by atoms with Crippen molar-refractivity contribution >= 4 is 5.91 Å². The average Bonchev–Trinajstić information content (AvgIpc) is 3.08. The second kappa shape index (κ2) is 7.46. The fraction of sp³-hybridized carbons (Fsp3) is 0.789. The largest absolute Gasteiger partial charge is 0.374 e. The summed E-state index contributed by atoms with van der Waals surface area (Å²) in [5.41, 5.74) is 2.26. The number of hydrogen-bond donors (Lipinski definition) is 1. The Balaban J connectivity index is 1.36. The minimum absolute atomic E-state index is 0.271. The standard InChI is InChI=1S/C19H30N4O2/c1-14-11-16(21-20-14)15-5-4-8-22(12-15)13-19(24)23-9-10-25-18-7-3-2-6-17(18)23/h11,15,17-18H,2-10,12-13H2,1H3,(H,20,21)/t15-,17+,18-/m1/s1. The monoisotopic (exact) mass is 346 g/mol. The third kappa shape index (κ3) is 3.75. The van der Waals surface area contributed by atoms with Crippen LogP contribution in [0.15, 0.2) is 6.07 Å². The van der Waals surface area contributed by atoms with Crippen molar-refractivity contribution in [2.45, 2.75) is 63.5 Å². The Kier molecular flexibility index (Phi) is 5.08. The van der Waals surface area contributed by atoms with Crippen LogP contribution in [0.4, 0.5) is 0 Å².